The van der Waals surface area contributed by atoms with Crippen molar-refractivity contribution in [1.29, 1.82) is 0 Å². The molecule has 0 heterocycles. The normalized spacial score (nSPS) is 16.7. The molecule has 0 amide bonds. The Morgan fingerprint density at radius 3 is 2.64 bits per heavy atom. The third kappa shape index (κ3) is 4.71. The molecule has 0 saturated heterocycles. The van der Waals surface area contributed by atoms with Gasteiger partial charge in [0.1, 0.15) is 0 Å². The topological polar surface area (TPSA) is 30.9 Å². The average molecular weight is 367 g/mol. The monoisotopic (exact) mass is 366 g/mol. The van der Waals surface area contributed by atoms with Gasteiger partial charge in [0.25, 0.3) is 0 Å². The Labute approximate surface area is 142 Å². The van der Waals surface area contributed by atoms with Gasteiger partial charge in [0, 0.05) is 43.7 Å². The molecule has 0 bridgehead atoms. The summed E-state index contributed by atoms with van der Waals surface area (Å²) in [6.45, 7) is 4.01. The van der Waals surface area contributed by atoms with Gasteiger partial charge in [-0.2, -0.15) is 0 Å². The number of hydrogen-bond acceptors (Lipinski definition) is 2. The molecule has 0 spiro atoms. The van der Waals surface area contributed by atoms with Gasteiger partial charge in [-0.05, 0) is 38.4 Å². The molecule has 1 aliphatic carbocycles. The molecule has 1 saturated carbocycles. The van der Waals surface area contributed by atoms with E-state index in [-0.39, 0.29) is 0 Å². The van der Waals surface area contributed by atoms with Crippen LogP contribution in [-0.4, -0.2) is 55.5 Å². The molecule has 1 unspecified atom stereocenters. The van der Waals surface area contributed by atoms with E-state index in [1.54, 1.807) is 0 Å². The Bertz CT molecular complexity index is 513. The van der Waals surface area contributed by atoms with E-state index in [1.807, 2.05) is 13.1 Å². The first-order valence-corrected chi connectivity index (χ1v) is 8.69. The number of rotatable bonds is 6. The summed E-state index contributed by atoms with van der Waals surface area (Å²) in [5, 5.41) is 3.49. The van der Waals surface area contributed by atoms with E-state index in [1.165, 1.54) is 18.4 Å². The highest BCUT2D eigenvalue weighted by molar-refractivity contribution is 9.10. The molecule has 0 aromatic heterocycles. The van der Waals surface area contributed by atoms with Gasteiger partial charge in [-0.15, -0.1) is 0 Å². The second-order valence-corrected chi connectivity index (χ2v) is 6.98. The minimum absolute atomic E-state index is 0.515. The number of benzene rings is 1. The summed E-state index contributed by atoms with van der Waals surface area (Å²) < 4.78 is 1.14. The molecule has 5 heteroatoms. The van der Waals surface area contributed by atoms with E-state index in [0.29, 0.717) is 6.04 Å². The van der Waals surface area contributed by atoms with Crippen molar-refractivity contribution < 1.29 is 0 Å². The highest BCUT2D eigenvalue weighted by atomic mass is 79.9. The molecule has 22 heavy (non-hydrogen) atoms. The Balaban J connectivity index is 1.86. The molecule has 1 atom stereocenters. The minimum atomic E-state index is 0.515. The lowest BCUT2D eigenvalue weighted by molar-refractivity contribution is 0.246. The summed E-state index contributed by atoms with van der Waals surface area (Å²) in [7, 11) is 6.13. The summed E-state index contributed by atoms with van der Waals surface area (Å²) in [5.41, 5.74) is 1.26. The Morgan fingerprint density at radius 2 is 2.05 bits per heavy atom. The molecule has 1 aliphatic rings. The van der Waals surface area contributed by atoms with Crippen molar-refractivity contribution in [2.45, 2.75) is 38.4 Å². The van der Waals surface area contributed by atoms with Gasteiger partial charge in [-0.25, -0.2) is 0 Å². The van der Waals surface area contributed by atoms with Crippen molar-refractivity contribution in [3.8, 4) is 0 Å². The first kappa shape index (κ1) is 17.3. The Hall–Kier alpha value is -1.07. The van der Waals surface area contributed by atoms with Crippen molar-refractivity contribution >= 4 is 21.9 Å². The maximum atomic E-state index is 4.40. The van der Waals surface area contributed by atoms with Crippen LogP contribution in [0.4, 0.5) is 0 Å². The lowest BCUT2D eigenvalue weighted by Crippen LogP contribution is -2.45. The second-order valence-electron chi connectivity index (χ2n) is 6.12. The number of hydrogen-bond donors (Lipinski definition) is 1. The van der Waals surface area contributed by atoms with E-state index in [0.717, 1.165) is 29.6 Å². The van der Waals surface area contributed by atoms with Crippen LogP contribution in [0.5, 0.6) is 0 Å². The first-order chi connectivity index (χ1) is 10.5. The van der Waals surface area contributed by atoms with Crippen LogP contribution in [0.25, 0.3) is 0 Å². The molecule has 0 aliphatic heterocycles. The molecule has 1 fully saturated rings. The lowest BCUT2D eigenvalue weighted by Gasteiger charge is -2.28. The van der Waals surface area contributed by atoms with E-state index in [9.17, 15) is 0 Å². The van der Waals surface area contributed by atoms with Crippen molar-refractivity contribution in [2.24, 2.45) is 4.99 Å². The van der Waals surface area contributed by atoms with Crippen molar-refractivity contribution in [2.75, 3.05) is 27.7 Å². The first-order valence-electron chi connectivity index (χ1n) is 7.90. The van der Waals surface area contributed by atoms with Crippen LogP contribution in [-0.2, 0) is 6.54 Å². The number of nitrogens with zero attached hydrogens (tertiary/aromatic N) is 3. The smallest absolute Gasteiger partial charge is 0.193 e. The lowest BCUT2D eigenvalue weighted by atomic mass is 10.2. The summed E-state index contributed by atoms with van der Waals surface area (Å²) in [4.78, 5) is 9.03. The molecule has 1 N–H and O–H groups in total. The zero-order chi connectivity index (χ0) is 16.1. The van der Waals surface area contributed by atoms with Gasteiger partial charge in [0.15, 0.2) is 5.96 Å². The quantitative estimate of drug-likeness (QED) is 0.620. The van der Waals surface area contributed by atoms with Crippen LogP contribution in [0.1, 0.15) is 25.3 Å². The van der Waals surface area contributed by atoms with Crippen molar-refractivity contribution in [3.05, 3.63) is 34.3 Å². The molecular weight excluding hydrogens is 340 g/mol. The molecule has 4 nitrogen and oxygen atoms in total. The summed E-state index contributed by atoms with van der Waals surface area (Å²) >= 11 is 3.61. The third-order valence-corrected chi connectivity index (χ3v) is 5.09. The predicted octanol–water partition coefficient (Wildman–Crippen LogP) is 2.94. The van der Waals surface area contributed by atoms with Crippen LogP contribution >= 0.6 is 15.9 Å². The van der Waals surface area contributed by atoms with Gasteiger partial charge in [0.05, 0.1) is 0 Å². The number of aliphatic imine (C=N–C) groups is 1. The fourth-order valence-corrected chi connectivity index (χ4v) is 2.98. The standard InChI is InChI=1S/C17H27BrN4/c1-13(22(4)15-9-10-15)11-20-17(19-2)21(3)12-14-7-5-6-8-16(14)18/h5-8,13,15H,9-12H2,1-4H3,(H,19,20). The van der Waals surface area contributed by atoms with Gasteiger partial charge in [-0.3, -0.25) is 9.89 Å². The SMILES string of the molecule is CN=C(NCC(C)N(C)C1CC1)N(C)Cc1ccccc1Br. The van der Waals surface area contributed by atoms with Crippen LogP contribution in [0.2, 0.25) is 0 Å². The fraction of sp³-hybridized carbons (Fsp3) is 0.588. The van der Waals surface area contributed by atoms with E-state index in [2.05, 4.69) is 75.3 Å². The van der Waals surface area contributed by atoms with Gasteiger partial charge in [0.2, 0.25) is 0 Å². The predicted molar refractivity (Wildman–Crippen MR) is 97.2 cm³/mol. The van der Waals surface area contributed by atoms with E-state index in [4.69, 9.17) is 0 Å². The number of halogens is 1. The second kappa shape index (κ2) is 7.97. The highest BCUT2D eigenvalue weighted by Crippen LogP contribution is 2.26. The largest absolute Gasteiger partial charge is 0.355 e. The van der Waals surface area contributed by atoms with Crippen LogP contribution in [0.3, 0.4) is 0 Å². The van der Waals surface area contributed by atoms with Crippen LogP contribution in [0, 0.1) is 0 Å². The van der Waals surface area contributed by atoms with E-state index >= 15 is 0 Å². The van der Waals surface area contributed by atoms with Crippen molar-refractivity contribution in [1.82, 2.24) is 15.1 Å². The summed E-state index contributed by atoms with van der Waals surface area (Å²) in [6.07, 6.45) is 2.69. The number of likely N-dealkylation sites (N-methyl/N-ethyl adjacent to an activating group) is 1. The van der Waals surface area contributed by atoms with Gasteiger partial charge in [-0.1, -0.05) is 34.1 Å². The van der Waals surface area contributed by atoms with Gasteiger partial charge >= 0.3 is 0 Å². The maximum Gasteiger partial charge on any atom is 0.193 e. The molecule has 122 valence electrons. The van der Waals surface area contributed by atoms with Crippen molar-refractivity contribution in [3.63, 3.8) is 0 Å². The van der Waals surface area contributed by atoms with Crippen LogP contribution in [0.15, 0.2) is 33.7 Å². The molecule has 1 aromatic carbocycles. The molecular formula is C17H27BrN4. The Morgan fingerprint density at radius 1 is 1.36 bits per heavy atom. The molecule has 0 radical (unpaired) electrons. The minimum Gasteiger partial charge on any atom is -0.355 e. The third-order valence-electron chi connectivity index (χ3n) is 4.31. The summed E-state index contributed by atoms with van der Waals surface area (Å²) in [6, 6.07) is 9.62. The Kier molecular flexibility index (Phi) is 6.26. The summed E-state index contributed by atoms with van der Waals surface area (Å²) in [5.74, 6) is 0.937. The van der Waals surface area contributed by atoms with Crippen LogP contribution < -0.4 is 5.32 Å². The highest BCUT2D eigenvalue weighted by Gasteiger charge is 2.29. The maximum absolute atomic E-state index is 4.40. The average Bonchev–Trinajstić information content (AvgIpc) is 3.34. The zero-order valence-corrected chi connectivity index (χ0v) is 15.6. The number of nitrogens with one attached hydrogen (secondary N) is 1. The van der Waals surface area contributed by atoms with Gasteiger partial charge < -0.3 is 10.2 Å². The fourth-order valence-electron chi connectivity index (χ4n) is 2.57. The molecule has 1 aromatic rings. The van der Waals surface area contributed by atoms with E-state index < -0.39 is 0 Å². The molecule has 2 rings (SSSR count). The number of guanidine groups is 1. The zero-order valence-electron chi connectivity index (χ0n) is 14.0.